The van der Waals surface area contributed by atoms with E-state index in [4.69, 9.17) is 4.74 Å². The summed E-state index contributed by atoms with van der Waals surface area (Å²) < 4.78 is 5.69. The molecule has 2 aliphatic rings. The van der Waals surface area contributed by atoms with E-state index in [0.29, 0.717) is 11.8 Å². The zero-order valence-corrected chi connectivity index (χ0v) is 12.7. The fourth-order valence-corrected chi connectivity index (χ4v) is 3.98. The molecule has 19 heavy (non-hydrogen) atoms. The predicted molar refractivity (Wildman–Crippen MR) is 77.7 cm³/mol. The summed E-state index contributed by atoms with van der Waals surface area (Å²) in [5.74, 6) is 0.851. The summed E-state index contributed by atoms with van der Waals surface area (Å²) in [6.07, 6.45) is 6.72. The van der Waals surface area contributed by atoms with E-state index in [2.05, 4.69) is 33.4 Å². The summed E-state index contributed by atoms with van der Waals surface area (Å²) >= 11 is 0. The molecule has 0 N–H and O–H groups in total. The van der Waals surface area contributed by atoms with Crippen LogP contribution in [0.15, 0.2) is 23.8 Å². The summed E-state index contributed by atoms with van der Waals surface area (Å²) in [5, 5.41) is 0. The summed E-state index contributed by atoms with van der Waals surface area (Å²) in [5.41, 5.74) is 2.80. The first-order valence-electron chi connectivity index (χ1n) is 7.34. The van der Waals surface area contributed by atoms with E-state index < -0.39 is 0 Å². The Morgan fingerprint density at radius 1 is 1.42 bits per heavy atom. The summed E-state index contributed by atoms with van der Waals surface area (Å²) in [4.78, 5) is 11.4. The Morgan fingerprint density at radius 2 is 2.11 bits per heavy atom. The lowest BCUT2D eigenvalue weighted by Crippen LogP contribution is -2.49. The molecular formula is C17H26O2. The molecule has 1 saturated carbocycles. The lowest BCUT2D eigenvalue weighted by molar-refractivity contribution is -0.162. The number of esters is 1. The number of rotatable bonds is 2. The molecule has 2 aliphatic carbocycles. The first-order valence-corrected chi connectivity index (χ1v) is 7.34. The molecule has 0 radical (unpaired) electrons. The van der Waals surface area contributed by atoms with E-state index in [0.717, 1.165) is 25.7 Å². The Kier molecular flexibility index (Phi) is 3.89. The zero-order chi connectivity index (χ0) is 14.2. The van der Waals surface area contributed by atoms with Crippen molar-refractivity contribution in [3.63, 3.8) is 0 Å². The summed E-state index contributed by atoms with van der Waals surface area (Å²) in [6.45, 7) is 12.3. The van der Waals surface area contributed by atoms with Crippen LogP contribution in [0.1, 0.15) is 53.4 Å². The third-order valence-corrected chi connectivity index (χ3v) is 5.25. The van der Waals surface area contributed by atoms with Crippen molar-refractivity contribution in [1.29, 1.82) is 0 Å². The Bertz CT molecular complexity index is 421. The maximum Gasteiger partial charge on any atom is 0.302 e. The largest absolute Gasteiger partial charge is 0.462 e. The van der Waals surface area contributed by atoms with Crippen molar-refractivity contribution in [2.75, 3.05) is 0 Å². The van der Waals surface area contributed by atoms with Gasteiger partial charge in [-0.05, 0) is 51.4 Å². The van der Waals surface area contributed by atoms with Gasteiger partial charge in [0.05, 0.1) is 0 Å². The van der Waals surface area contributed by atoms with Crippen molar-refractivity contribution in [2.45, 2.75) is 59.5 Å². The Labute approximate surface area is 116 Å². The minimum Gasteiger partial charge on any atom is -0.462 e. The second kappa shape index (κ2) is 5.15. The van der Waals surface area contributed by atoms with Crippen molar-refractivity contribution in [2.24, 2.45) is 17.3 Å². The third kappa shape index (κ3) is 2.63. The normalized spacial score (nSPS) is 38.1. The Hall–Kier alpha value is -1.05. The van der Waals surface area contributed by atoms with Crippen LogP contribution < -0.4 is 0 Å². The SMILES string of the molecule is C=C(C)[C@@H]1C[C@H](OC(C)=O)[C@@]2(C)CCC=C(C)[C@@H]2C1. The lowest BCUT2D eigenvalue weighted by atomic mass is 9.56. The predicted octanol–water partition coefficient (Wildman–Crippen LogP) is 4.27. The molecule has 4 atom stereocenters. The van der Waals surface area contributed by atoms with Crippen LogP contribution in [0, 0.1) is 17.3 Å². The van der Waals surface area contributed by atoms with Gasteiger partial charge in [-0.2, -0.15) is 0 Å². The second-order valence-corrected chi connectivity index (χ2v) is 6.66. The maximum atomic E-state index is 11.4. The second-order valence-electron chi connectivity index (χ2n) is 6.66. The summed E-state index contributed by atoms with van der Waals surface area (Å²) in [7, 11) is 0. The number of allylic oxidation sites excluding steroid dienone is 3. The van der Waals surface area contributed by atoms with Crippen LogP contribution in [0.25, 0.3) is 0 Å². The fraction of sp³-hybridized carbons (Fsp3) is 0.706. The summed E-state index contributed by atoms with van der Waals surface area (Å²) in [6, 6.07) is 0. The molecule has 0 saturated heterocycles. The highest BCUT2D eigenvalue weighted by atomic mass is 16.5. The molecule has 0 bridgehead atoms. The average molecular weight is 262 g/mol. The molecule has 0 unspecified atom stereocenters. The van der Waals surface area contributed by atoms with Gasteiger partial charge in [-0.15, -0.1) is 0 Å². The smallest absolute Gasteiger partial charge is 0.302 e. The van der Waals surface area contributed by atoms with Crippen LogP contribution in [-0.2, 0) is 9.53 Å². The van der Waals surface area contributed by atoms with Crippen molar-refractivity contribution in [1.82, 2.24) is 0 Å². The number of carbonyl (C=O) groups is 1. The molecule has 0 heterocycles. The van der Waals surface area contributed by atoms with Crippen LogP contribution in [0.3, 0.4) is 0 Å². The van der Waals surface area contributed by atoms with Gasteiger partial charge in [0.2, 0.25) is 0 Å². The van der Waals surface area contributed by atoms with Crippen molar-refractivity contribution in [3.05, 3.63) is 23.8 Å². The number of hydrogen-bond donors (Lipinski definition) is 0. The first kappa shape index (κ1) is 14.4. The fourth-order valence-electron chi connectivity index (χ4n) is 3.98. The van der Waals surface area contributed by atoms with Gasteiger partial charge >= 0.3 is 5.97 Å². The quantitative estimate of drug-likeness (QED) is 0.549. The van der Waals surface area contributed by atoms with Gasteiger partial charge in [0.25, 0.3) is 0 Å². The molecule has 2 heteroatoms. The minimum absolute atomic E-state index is 0.0362. The standard InChI is InChI=1S/C17H26O2/c1-11(2)14-9-15-12(3)7-6-8-17(15,5)16(10-14)19-13(4)18/h7,14-16H,1,6,8-10H2,2-5H3/t14-,15-,16-,17-/m0/s1. The van der Waals surface area contributed by atoms with E-state index in [1.165, 1.54) is 18.1 Å². The zero-order valence-electron chi connectivity index (χ0n) is 12.7. The molecule has 0 aromatic rings. The molecule has 106 valence electrons. The van der Waals surface area contributed by atoms with Gasteiger partial charge in [0, 0.05) is 12.3 Å². The molecule has 2 nitrogen and oxygen atoms in total. The molecule has 0 spiro atoms. The Morgan fingerprint density at radius 3 is 2.68 bits per heavy atom. The topological polar surface area (TPSA) is 26.3 Å². The van der Waals surface area contributed by atoms with E-state index in [1.54, 1.807) is 0 Å². The molecule has 0 amide bonds. The monoisotopic (exact) mass is 262 g/mol. The minimum atomic E-state index is -0.153. The number of fused-ring (bicyclic) bond motifs is 1. The van der Waals surface area contributed by atoms with Gasteiger partial charge in [-0.25, -0.2) is 0 Å². The maximum absolute atomic E-state index is 11.4. The van der Waals surface area contributed by atoms with Gasteiger partial charge < -0.3 is 4.74 Å². The molecule has 1 fully saturated rings. The van der Waals surface area contributed by atoms with Crippen LogP contribution in [-0.4, -0.2) is 12.1 Å². The van der Waals surface area contributed by atoms with E-state index in [9.17, 15) is 4.79 Å². The molecule has 2 rings (SSSR count). The van der Waals surface area contributed by atoms with Crippen molar-refractivity contribution in [3.8, 4) is 0 Å². The van der Waals surface area contributed by atoms with Crippen molar-refractivity contribution < 1.29 is 9.53 Å². The third-order valence-electron chi connectivity index (χ3n) is 5.25. The van der Waals surface area contributed by atoms with Gasteiger partial charge in [0.15, 0.2) is 0 Å². The Balaban J connectivity index is 2.32. The average Bonchev–Trinajstić information content (AvgIpc) is 2.29. The van der Waals surface area contributed by atoms with Crippen LogP contribution in [0.4, 0.5) is 0 Å². The van der Waals surface area contributed by atoms with Crippen LogP contribution in [0.2, 0.25) is 0 Å². The highest BCUT2D eigenvalue weighted by molar-refractivity contribution is 5.66. The van der Waals surface area contributed by atoms with Gasteiger partial charge in [0.1, 0.15) is 6.10 Å². The van der Waals surface area contributed by atoms with E-state index in [1.807, 2.05) is 0 Å². The van der Waals surface area contributed by atoms with E-state index >= 15 is 0 Å². The number of hydrogen-bond acceptors (Lipinski definition) is 2. The van der Waals surface area contributed by atoms with Crippen LogP contribution in [0.5, 0.6) is 0 Å². The number of carbonyl (C=O) groups excluding carboxylic acids is 1. The highest BCUT2D eigenvalue weighted by Gasteiger charge is 2.49. The van der Waals surface area contributed by atoms with Gasteiger partial charge in [-0.3, -0.25) is 4.79 Å². The van der Waals surface area contributed by atoms with E-state index in [-0.39, 0.29) is 17.5 Å². The molecule has 0 aromatic heterocycles. The van der Waals surface area contributed by atoms with Gasteiger partial charge in [-0.1, -0.05) is 30.7 Å². The lowest BCUT2D eigenvalue weighted by Gasteiger charge is -2.51. The number of ether oxygens (including phenoxy) is 1. The molecular weight excluding hydrogens is 236 g/mol. The highest BCUT2D eigenvalue weighted by Crippen LogP contribution is 2.54. The molecule has 0 aromatic carbocycles. The molecule has 0 aliphatic heterocycles. The van der Waals surface area contributed by atoms with Crippen molar-refractivity contribution >= 4 is 5.97 Å². The first-order chi connectivity index (χ1) is 8.84. The van der Waals surface area contributed by atoms with Crippen LogP contribution >= 0.6 is 0 Å².